The molecule has 0 N–H and O–H groups in total. The predicted octanol–water partition coefficient (Wildman–Crippen LogP) is 3.49. The zero-order valence-electron chi connectivity index (χ0n) is 15.2. The second-order valence-electron chi connectivity index (χ2n) is 7.44. The lowest BCUT2D eigenvalue weighted by Gasteiger charge is -2.36. The minimum absolute atomic E-state index is 0.0271. The highest BCUT2D eigenvalue weighted by atomic mass is 32.2. The zero-order chi connectivity index (χ0) is 18.6. The lowest BCUT2D eigenvalue weighted by Crippen LogP contribution is -2.42. The maximum Gasteiger partial charge on any atom is 0.410 e. The van der Waals surface area contributed by atoms with Crippen LogP contribution in [0.2, 0.25) is 0 Å². The Hall–Kier alpha value is -1.44. The van der Waals surface area contributed by atoms with Crippen LogP contribution in [-0.4, -0.2) is 38.4 Å². The molecule has 2 atom stereocenters. The largest absolute Gasteiger partial charge is 0.750 e. The van der Waals surface area contributed by atoms with Gasteiger partial charge in [-0.1, -0.05) is 29.8 Å². The Balaban J connectivity index is 2.03. The van der Waals surface area contributed by atoms with E-state index in [9.17, 15) is 13.6 Å². The van der Waals surface area contributed by atoms with Crippen molar-refractivity contribution in [3.05, 3.63) is 35.4 Å². The van der Waals surface area contributed by atoms with Crippen molar-refractivity contribution in [3.8, 4) is 0 Å². The van der Waals surface area contributed by atoms with E-state index in [1.165, 1.54) is 0 Å². The van der Waals surface area contributed by atoms with E-state index in [2.05, 4.69) is 0 Å². The molecule has 1 amide bonds. The Morgan fingerprint density at radius 1 is 1.24 bits per heavy atom. The van der Waals surface area contributed by atoms with Gasteiger partial charge in [0.15, 0.2) is 0 Å². The molecule has 2 rings (SSSR count). The van der Waals surface area contributed by atoms with E-state index in [1.807, 2.05) is 52.0 Å². The number of rotatable bonds is 4. The summed E-state index contributed by atoms with van der Waals surface area (Å²) in [5.74, 6) is 0.0271. The summed E-state index contributed by atoms with van der Waals surface area (Å²) in [6.07, 6.45) is 0.468. The van der Waals surface area contributed by atoms with Crippen molar-refractivity contribution in [3.63, 3.8) is 0 Å². The van der Waals surface area contributed by atoms with Crippen molar-refractivity contribution in [2.45, 2.75) is 52.2 Å². The van der Waals surface area contributed by atoms with Crippen LogP contribution >= 0.6 is 0 Å². The third kappa shape index (κ3) is 6.09. The number of hydrogen-bond acceptors (Lipinski definition) is 5. The van der Waals surface area contributed by atoms with Crippen LogP contribution in [0.5, 0.6) is 0 Å². The van der Waals surface area contributed by atoms with Crippen molar-refractivity contribution in [1.82, 2.24) is 4.90 Å². The fraction of sp³-hybridized carbons (Fsp3) is 0.611. The van der Waals surface area contributed by atoms with E-state index in [4.69, 9.17) is 8.92 Å². The number of benzene rings is 1. The number of amides is 1. The lowest BCUT2D eigenvalue weighted by molar-refractivity contribution is 0.0108. The summed E-state index contributed by atoms with van der Waals surface area (Å²) in [6, 6.07) is 7.67. The van der Waals surface area contributed by atoms with Gasteiger partial charge in [0.25, 0.3) is 0 Å². The SMILES string of the molecule is Cc1ccc(C(OS(=O)[O-])C2CCN(C(=O)OC(C)(C)C)CC2)cc1. The van der Waals surface area contributed by atoms with Gasteiger partial charge in [-0.25, -0.2) is 9.00 Å². The highest BCUT2D eigenvalue weighted by Gasteiger charge is 2.32. The molecule has 0 saturated carbocycles. The van der Waals surface area contributed by atoms with Gasteiger partial charge in [-0.15, -0.1) is 0 Å². The minimum atomic E-state index is -2.59. The second-order valence-corrected chi connectivity index (χ2v) is 8.04. The topological polar surface area (TPSA) is 78.9 Å². The van der Waals surface area contributed by atoms with Crippen LogP contribution in [-0.2, 0) is 20.3 Å². The molecule has 2 unspecified atom stereocenters. The van der Waals surface area contributed by atoms with Gasteiger partial charge in [-0.2, -0.15) is 0 Å². The van der Waals surface area contributed by atoms with Crippen molar-refractivity contribution in [2.24, 2.45) is 5.92 Å². The van der Waals surface area contributed by atoms with E-state index < -0.39 is 23.1 Å². The molecule has 1 heterocycles. The number of likely N-dealkylation sites (tertiary alicyclic amines) is 1. The molecule has 1 aromatic carbocycles. The Bertz CT molecular complexity index is 603. The molecule has 1 saturated heterocycles. The quantitative estimate of drug-likeness (QED) is 0.760. The van der Waals surface area contributed by atoms with Crippen LogP contribution in [0.25, 0.3) is 0 Å². The van der Waals surface area contributed by atoms with E-state index in [1.54, 1.807) is 4.90 Å². The fourth-order valence-corrected chi connectivity index (χ4v) is 3.40. The van der Waals surface area contributed by atoms with Crippen LogP contribution in [0, 0.1) is 12.8 Å². The first-order valence-corrected chi connectivity index (χ1v) is 9.46. The summed E-state index contributed by atoms with van der Waals surface area (Å²) in [5, 5.41) is 0. The summed E-state index contributed by atoms with van der Waals surface area (Å²) in [5.41, 5.74) is 1.41. The standard InChI is InChI=1S/C18H27NO5S/c1-13-5-7-14(8-6-13)16(24-25(21)22)15-9-11-19(12-10-15)17(20)23-18(2,3)4/h5-8,15-16H,9-12H2,1-4H3,(H,21,22)/p-1. The predicted molar refractivity (Wildman–Crippen MR) is 94.5 cm³/mol. The van der Waals surface area contributed by atoms with Gasteiger partial charge in [-0.3, -0.25) is 4.18 Å². The Labute approximate surface area is 152 Å². The van der Waals surface area contributed by atoms with Gasteiger partial charge in [0.1, 0.15) is 11.7 Å². The molecule has 140 valence electrons. The Kier molecular flexibility index (Phi) is 6.59. The van der Waals surface area contributed by atoms with Gasteiger partial charge in [-0.05, 0) is 52.0 Å². The maximum atomic E-state index is 12.1. The number of carbonyl (C=O) groups excluding carboxylic acids is 1. The monoisotopic (exact) mass is 368 g/mol. The normalized spacial score (nSPS) is 18.7. The molecule has 0 spiro atoms. The summed E-state index contributed by atoms with van der Waals surface area (Å²) in [4.78, 5) is 13.8. The molecule has 7 heteroatoms. The van der Waals surface area contributed by atoms with E-state index >= 15 is 0 Å². The van der Waals surface area contributed by atoms with Crippen LogP contribution in [0.4, 0.5) is 4.79 Å². The summed E-state index contributed by atoms with van der Waals surface area (Å²) in [7, 11) is 0. The molecule has 1 fully saturated rings. The van der Waals surface area contributed by atoms with Crippen molar-refractivity contribution in [1.29, 1.82) is 0 Å². The van der Waals surface area contributed by atoms with Crippen LogP contribution in [0.1, 0.15) is 50.8 Å². The summed E-state index contributed by atoms with van der Waals surface area (Å²) >= 11 is -2.59. The number of aryl methyl sites for hydroxylation is 1. The van der Waals surface area contributed by atoms with Crippen LogP contribution in [0.15, 0.2) is 24.3 Å². The van der Waals surface area contributed by atoms with Crippen LogP contribution in [0.3, 0.4) is 0 Å². The molecule has 0 aromatic heterocycles. The first-order chi connectivity index (χ1) is 11.7. The first kappa shape index (κ1) is 19.9. The molecule has 0 radical (unpaired) electrons. The highest BCUT2D eigenvalue weighted by Crippen LogP contribution is 2.34. The number of nitrogens with zero attached hydrogens (tertiary/aromatic N) is 1. The molecule has 1 aromatic rings. The minimum Gasteiger partial charge on any atom is -0.750 e. The van der Waals surface area contributed by atoms with E-state index in [-0.39, 0.29) is 12.0 Å². The third-order valence-electron chi connectivity index (χ3n) is 4.21. The Morgan fingerprint density at radius 3 is 2.28 bits per heavy atom. The van der Waals surface area contributed by atoms with Gasteiger partial charge in [0.2, 0.25) is 0 Å². The van der Waals surface area contributed by atoms with Gasteiger partial charge >= 0.3 is 6.09 Å². The number of carbonyl (C=O) groups is 1. The smallest absolute Gasteiger partial charge is 0.410 e. The lowest BCUT2D eigenvalue weighted by atomic mass is 9.87. The molecule has 25 heavy (non-hydrogen) atoms. The molecule has 1 aliphatic rings. The molecule has 1 aliphatic heterocycles. The third-order valence-corrected chi connectivity index (χ3v) is 4.57. The van der Waals surface area contributed by atoms with Crippen molar-refractivity contribution >= 4 is 17.5 Å². The van der Waals surface area contributed by atoms with Gasteiger partial charge in [0.05, 0.1) is 11.4 Å². The summed E-state index contributed by atoms with van der Waals surface area (Å²) in [6.45, 7) is 8.53. The molecule has 0 bridgehead atoms. The van der Waals surface area contributed by atoms with Crippen molar-refractivity contribution < 1.29 is 22.5 Å². The molecular formula is C18H26NO5S-. The van der Waals surface area contributed by atoms with E-state index in [0.29, 0.717) is 25.9 Å². The zero-order valence-corrected chi connectivity index (χ0v) is 16.0. The second kappa shape index (κ2) is 8.29. The highest BCUT2D eigenvalue weighted by molar-refractivity contribution is 7.74. The number of hydrogen-bond donors (Lipinski definition) is 0. The fourth-order valence-electron chi connectivity index (χ4n) is 2.96. The average Bonchev–Trinajstić information content (AvgIpc) is 2.52. The molecule has 6 nitrogen and oxygen atoms in total. The Morgan fingerprint density at radius 2 is 1.80 bits per heavy atom. The van der Waals surface area contributed by atoms with Gasteiger partial charge in [0, 0.05) is 13.1 Å². The van der Waals surface area contributed by atoms with Crippen molar-refractivity contribution in [2.75, 3.05) is 13.1 Å². The molecular weight excluding hydrogens is 342 g/mol. The number of piperidine rings is 1. The molecule has 0 aliphatic carbocycles. The maximum absolute atomic E-state index is 12.1. The summed E-state index contributed by atoms with van der Waals surface area (Å²) < 4.78 is 32.8. The van der Waals surface area contributed by atoms with Crippen LogP contribution < -0.4 is 0 Å². The van der Waals surface area contributed by atoms with Gasteiger partial charge < -0.3 is 14.2 Å². The average molecular weight is 368 g/mol. The van der Waals surface area contributed by atoms with E-state index in [0.717, 1.165) is 11.1 Å². The number of ether oxygens (including phenoxy) is 1. The first-order valence-electron chi connectivity index (χ1n) is 8.46.